The quantitative estimate of drug-likeness (QED) is 0.671. The maximum Gasteiger partial charge on any atom is 0.313 e. The van der Waals surface area contributed by atoms with Crippen molar-refractivity contribution in [3.05, 3.63) is 54.2 Å². The molecule has 1 amide bonds. The molecule has 2 rings (SSSR count). The number of carbonyl (C=O) groups is 2. The van der Waals surface area contributed by atoms with Gasteiger partial charge in [-0.2, -0.15) is 0 Å². The number of hydrogen-bond donors (Lipinski definition) is 1. The van der Waals surface area contributed by atoms with Gasteiger partial charge in [0.05, 0.1) is 12.7 Å². The Morgan fingerprint density at radius 1 is 1.20 bits per heavy atom. The fourth-order valence-electron chi connectivity index (χ4n) is 1.47. The third kappa shape index (κ3) is 3.68. The maximum absolute atomic E-state index is 13.2. The Morgan fingerprint density at radius 2 is 2.00 bits per heavy atom. The van der Waals surface area contributed by atoms with E-state index in [1.54, 1.807) is 12.1 Å². The molecule has 20 heavy (non-hydrogen) atoms. The lowest BCUT2D eigenvalue weighted by Crippen LogP contribution is -2.26. The highest BCUT2D eigenvalue weighted by Crippen LogP contribution is 2.15. The van der Waals surface area contributed by atoms with E-state index in [0.717, 1.165) is 0 Å². The number of para-hydroxylation sites is 1. The molecular weight excluding hydrogens is 265 g/mol. The number of ether oxygens (including phenoxy) is 1. The Labute approximate surface area is 114 Å². The smallest absolute Gasteiger partial charge is 0.313 e. The van der Waals surface area contributed by atoms with E-state index < -0.39 is 17.7 Å². The van der Waals surface area contributed by atoms with Crippen molar-refractivity contribution >= 4 is 11.9 Å². The van der Waals surface area contributed by atoms with Crippen LogP contribution in [0.4, 0.5) is 4.39 Å². The predicted octanol–water partition coefficient (Wildman–Crippen LogP) is 2.14. The molecule has 104 valence electrons. The molecule has 1 heterocycles. The van der Waals surface area contributed by atoms with E-state index in [-0.39, 0.29) is 24.5 Å². The molecule has 0 fully saturated rings. The van der Waals surface area contributed by atoms with Crippen LogP contribution in [0.15, 0.2) is 47.1 Å². The molecule has 0 saturated heterocycles. The van der Waals surface area contributed by atoms with Crippen molar-refractivity contribution < 1.29 is 23.1 Å². The molecule has 0 radical (unpaired) electrons. The normalized spacial score (nSPS) is 10.1. The summed E-state index contributed by atoms with van der Waals surface area (Å²) >= 11 is 0. The molecule has 2 aromatic rings. The number of carbonyl (C=O) groups excluding carboxylic acids is 2. The lowest BCUT2D eigenvalue weighted by atomic mass is 10.3. The third-order valence-electron chi connectivity index (χ3n) is 2.42. The van der Waals surface area contributed by atoms with Crippen molar-refractivity contribution in [1.29, 1.82) is 0 Å². The second kappa shape index (κ2) is 6.51. The Hall–Kier alpha value is -2.63. The minimum atomic E-state index is -0.630. The van der Waals surface area contributed by atoms with Gasteiger partial charge in [0.25, 0.3) is 5.91 Å². The Bertz CT molecular complexity index is 595. The molecule has 1 N–H and O–H groups in total. The molecule has 0 bridgehead atoms. The van der Waals surface area contributed by atoms with Gasteiger partial charge in [0.2, 0.25) is 0 Å². The minimum absolute atomic E-state index is 0.0687. The number of hydrogen-bond acceptors (Lipinski definition) is 4. The summed E-state index contributed by atoms with van der Waals surface area (Å²) in [6.45, 7) is 0.0762. The second-order valence-corrected chi connectivity index (χ2v) is 3.89. The van der Waals surface area contributed by atoms with Crippen molar-refractivity contribution in [2.45, 2.75) is 6.42 Å². The number of furan rings is 1. The van der Waals surface area contributed by atoms with Crippen molar-refractivity contribution in [2.75, 3.05) is 6.54 Å². The lowest BCUT2D eigenvalue weighted by molar-refractivity contribution is -0.134. The van der Waals surface area contributed by atoms with Gasteiger partial charge in [-0.25, -0.2) is 4.39 Å². The van der Waals surface area contributed by atoms with E-state index in [1.807, 2.05) is 0 Å². The van der Waals surface area contributed by atoms with E-state index in [9.17, 15) is 14.0 Å². The van der Waals surface area contributed by atoms with Crippen LogP contribution < -0.4 is 10.1 Å². The average Bonchev–Trinajstić information content (AvgIpc) is 2.95. The predicted molar refractivity (Wildman–Crippen MR) is 67.7 cm³/mol. The highest BCUT2D eigenvalue weighted by molar-refractivity contribution is 5.91. The second-order valence-electron chi connectivity index (χ2n) is 3.89. The molecule has 0 spiro atoms. The minimum Gasteiger partial charge on any atom is -0.459 e. The molecule has 1 aromatic heterocycles. The SMILES string of the molecule is O=C(CCNC(=O)c1ccco1)Oc1ccccc1F. The average molecular weight is 277 g/mol. The first-order chi connectivity index (χ1) is 9.66. The number of benzene rings is 1. The summed E-state index contributed by atoms with van der Waals surface area (Å²) in [7, 11) is 0. The van der Waals surface area contributed by atoms with Gasteiger partial charge in [-0.1, -0.05) is 12.1 Å². The van der Waals surface area contributed by atoms with Crippen LogP contribution in [0.5, 0.6) is 5.75 Å². The number of nitrogens with one attached hydrogen (secondary N) is 1. The molecule has 0 aliphatic heterocycles. The van der Waals surface area contributed by atoms with E-state index in [4.69, 9.17) is 9.15 Å². The molecule has 0 atom stereocenters. The van der Waals surface area contributed by atoms with E-state index >= 15 is 0 Å². The molecular formula is C14H12FNO4. The topological polar surface area (TPSA) is 68.5 Å². The Balaban J connectivity index is 1.76. The van der Waals surface area contributed by atoms with Crippen LogP contribution >= 0.6 is 0 Å². The van der Waals surface area contributed by atoms with Crippen molar-refractivity contribution in [1.82, 2.24) is 5.32 Å². The van der Waals surface area contributed by atoms with Gasteiger partial charge in [0.15, 0.2) is 17.3 Å². The van der Waals surface area contributed by atoms with Gasteiger partial charge in [0.1, 0.15) is 0 Å². The summed E-state index contributed by atoms with van der Waals surface area (Å²) < 4.78 is 22.9. The third-order valence-corrected chi connectivity index (χ3v) is 2.42. The van der Waals surface area contributed by atoms with Gasteiger partial charge in [0, 0.05) is 6.54 Å². The van der Waals surface area contributed by atoms with Gasteiger partial charge < -0.3 is 14.5 Å². The van der Waals surface area contributed by atoms with Gasteiger partial charge in [-0.05, 0) is 24.3 Å². The van der Waals surface area contributed by atoms with E-state index in [0.29, 0.717) is 0 Å². The Kier molecular flexibility index (Phi) is 4.49. The first-order valence-corrected chi connectivity index (χ1v) is 5.94. The first-order valence-electron chi connectivity index (χ1n) is 5.94. The molecule has 0 aliphatic rings. The summed E-state index contributed by atoms with van der Waals surface area (Å²) in [4.78, 5) is 23.0. The summed E-state index contributed by atoms with van der Waals surface area (Å²) in [6, 6.07) is 8.70. The summed E-state index contributed by atoms with van der Waals surface area (Å²) in [5.41, 5.74) is 0. The summed E-state index contributed by atoms with van der Waals surface area (Å²) in [5.74, 6) is -1.63. The monoisotopic (exact) mass is 277 g/mol. The van der Waals surface area contributed by atoms with Gasteiger partial charge >= 0.3 is 5.97 Å². The van der Waals surface area contributed by atoms with Crippen LogP contribution in [-0.4, -0.2) is 18.4 Å². The van der Waals surface area contributed by atoms with E-state index in [2.05, 4.69) is 5.32 Å². The molecule has 0 aliphatic carbocycles. The summed E-state index contributed by atoms with van der Waals surface area (Å²) in [5, 5.41) is 2.49. The van der Waals surface area contributed by atoms with E-state index in [1.165, 1.54) is 30.5 Å². The molecule has 0 unspecified atom stereocenters. The molecule has 0 saturated carbocycles. The highest BCUT2D eigenvalue weighted by Gasteiger charge is 2.11. The maximum atomic E-state index is 13.2. The van der Waals surface area contributed by atoms with Crippen LogP contribution in [0.1, 0.15) is 17.0 Å². The van der Waals surface area contributed by atoms with Crippen molar-refractivity contribution in [3.8, 4) is 5.75 Å². The van der Waals surface area contributed by atoms with Gasteiger partial charge in [-0.3, -0.25) is 9.59 Å². The highest BCUT2D eigenvalue weighted by atomic mass is 19.1. The van der Waals surface area contributed by atoms with Crippen LogP contribution in [-0.2, 0) is 4.79 Å². The van der Waals surface area contributed by atoms with Crippen molar-refractivity contribution in [3.63, 3.8) is 0 Å². The van der Waals surface area contributed by atoms with Crippen LogP contribution in [0, 0.1) is 5.82 Å². The summed E-state index contributed by atoms with van der Waals surface area (Å²) in [6.07, 6.45) is 1.31. The number of halogens is 1. The zero-order valence-electron chi connectivity index (χ0n) is 10.5. The standard InChI is InChI=1S/C14H12FNO4/c15-10-4-1-2-5-11(10)20-13(17)7-8-16-14(18)12-6-3-9-19-12/h1-6,9H,7-8H2,(H,16,18). The zero-order valence-corrected chi connectivity index (χ0v) is 10.5. The molecule has 6 heteroatoms. The lowest BCUT2D eigenvalue weighted by Gasteiger charge is -2.05. The van der Waals surface area contributed by atoms with Crippen LogP contribution in [0.25, 0.3) is 0 Å². The van der Waals surface area contributed by atoms with Gasteiger partial charge in [-0.15, -0.1) is 0 Å². The number of rotatable bonds is 5. The largest absolute Gasteiger partial charge is 0.459 e. The fraction of sp³-hybridized carbons (Fsp3) is 0.143. The first kappa shape index (κ1) is 13.8. The molecule has 1 aromatic carbocycles. The molecule has 5 nitrogen and oxygen atoms in total. The number of amides is 1. The zero-order chi connectivity index (χ0) is 14.4. The van der Waals surface area contributed by atoms with Crippen LogP contribution in [0.2, 0.25) is 0 Å². The van der Waals surface area contributed by atoms with Crippen LogP contribution in [0.3, 0.4) is 0 Å². The Morgan fingerprint density at radius 3 is 2.70 bits per heavy atom. The van der Waals surface area contributed by atoms with Crippen molar-refractivity contribution in [2.24, 2.45) is 0 Å². The fourth-order valence-corrected chi connectivity index (χ4v) is 1.47. The number of esters is 1.